The highest BCUT2D eigenvalue weighted by Crippen LogP contribution is 2.24. The van der Waals surface area contributed by atoms with E-state index in [1.165, 1.54) is 12.1 Å². The molecule has 2 heterocycles. The van der Waals surface area contributed by atoms with E-state index in [1.54, 1.807) is 53.5 Å². The molecule has 0 unspecified atom stereocenters. The monoisotopic (exact) mass is 535 g/mol. The van der Waals surface area contributed by atoms with Gasteiger partial charge in [-0.3, -0.25) is 9.48 Å². The average Bonchev–Trinajstić information content (AvgIpc) is 3.26. The van der Waals surface area contributed by atoms with Crippen molar-refractivity contribution in [3.63, 3.8) is 0 Å². The van der Waals surface area contributed by atoms with Crippen molar-refractivity contribution in [3.05, 3.63) is 82.6 Å². The third kappa shape index (κ3) is 7.14. The van der Waals surface area contributed by atoms with Crippen molar-refractivity contribution in [2.45, 2.75) is 18.3 Å². The number of hydrogen-bond acceptors (Lipinski definition) is 6. The Hall–Kier alpha value is -3.21. The maximum absolute atomic E-state index is 12.4. The molecule has 2 aromatic carbocycles. The molecule has 1 amide bonds. The van der Waals surface area contributed by atoms with Gasteiger partial charge in [0.1, 0.15) is 5.75 Å². The van der Waals surface area contributed by atoms with Crippen LogP contribution in [0.15, 0.2) is 72.1 Å². The van der Waals surface area contributed by atoms with Crippen LogP contribution in [0.25, 0.3) is 11.3 Å². The fourth-order valence-corrected chi connectivity index (χ4v) is 4.13. The van der Waals surface area contributed by atoms with Gasteiger partial charge in [-0.15, -0.1) is 0 Å². The van der Waals surface area contributed by atoms with E-state index in [-0.39, 0.29) is 17.4 Å². The van der Waals surface area contributed by atoms with Crippen LogP contribution in [0.1, 0.15) is 5.56 Å². The van der Waals surface area contributed by atoms with E-state index < -0.39 is 6.61 Å². The van der Waals surface area contributed by atoms with E-state index in [4.69, 9.17) is 23.2 Å². The highest BCUT2D eigenvalue weighted by atomic mass is 35.5. The topological polar surface area (TPSA) is 81.9 Å². The van der Waals surface area contributed by atoms with E-state index >= 15 is 0 Å². The van der Waals surface area contributed by atoms with Crippen LogP contribution in [-0.4, -0.2) is 38.0 Å². The van der Waals surface area contributed by atoms with Gasteiger partial charge >= 0.3 is 6.61 Å². The standard InChI is InChI=1S/C23H17Cl2F2N5O2S/c24-16-4-1-15(18(25)11-16)12-32-10-8-20(31-32)30-21(33)13-35-23-28-9-7-19(29-23)14-2-5-17(6-3-14)34-22(26)27/h1-11,22H,12-13H2,(H,30,31,33). The van der Waals surface area contributed by atoms with E-state index in [0.29, 0.717) is 38.8 Å². The number of ether oxygens (including phenoxy) is 1. The zero-order valence-corrected chi connectivity index (χ0v) is 20.2. The molecule has 1 N–H and O–H groups in total. The highest BCUT2D eigenvalue weighted by Gasteiger charge is 2.10. The Morgan fingerprint density at radius 3 is 2.66 bits per heavy atom. The van der Waals surface area contributed by atoms with E-state index in [0.717, 1.165) is 17.3 Å². The molecule has 0 fully saturated rings. The average molecular weight is 536 g/mol. The van der Waals surface area contributed by atoms with Crippen LogP contribution in [0.3, 0.4) is 0 Å². The minimum Gasteiger partial charge on any atom is -0.435 e. The summed E-state index contributed by atoms with van der Waals surface area (Å²) in [6.07, 6.45) is 3.30. The number of carbonyl (C=O) groups is 1. The number of aromatic nitrogens is 4. The molecule has 7 nitrogen and oxygen atoms in total. The summed E-state index contributed by atoms with van der Waals surface area (Å²) < 4.78 is 30.6. The second kappa shape index (κ2) is 11.5. The molecule has 0 aliphatic carbocycles. The number of nitrogens with one attached hydrogen (secondary N) is 1. The van der Waals surface area contributed by atoms with Crippen molar-refractivity contribution >= 4 is 46.7 Å². The number of halogens is 4. The van der Waals surface area contributed by atoms with Gasteiger partial charge in [0.15, 0.2) is 11.0 Å². The molecule has 0 saturated heterocycles. The van der Waals surface area contributed by atoms with Gasteiger partial charge in [-0.1, -0.05) is 41.0 Å². The Morgan fingerprint density at radius 1 is 1.11 bits per heavy atom. The van der Waals surface area contributed by atoms with Crippen LogP contribution in [0.4, 0.5) is 14.6 Å². The van der Waals surface area contributed by atoms with Gasteiger partial charge in [0.25, 0.3) is 0 Å². The molecule has 4 rings (SSSR count). The molecule has 0 bridgehead atoms. The van der Waals surface area contributed by atoms with Crippen LogP contribution < -0.4 is 10.1 Å². The van der Waals surface area contributed by atoms with E-state index in [2.05, 4.69) is 25.1 Å². The molecule has 0 spiro atoms. The first-order chi connectivity index (χ1) is 16.9. The number of thioether (sulfide) groups is 1. The number of benzene rings is 2. The fourth-order valence-electron chi connectivity index (χ4n) is 3.03. The van der Waals surface area contributed by atoms with Crippen LogP contribution in [0, 0.1) is 0 Å². The molecule has 0 aliphatic rings. The minimum absolute atomic E-state index is 0.0581. The normalized spacial score (nSPS) is 11.0. The molecule has 12 heteroatoms. The van der Waals surface area contributed by atoms with E-state index in [1.807, 2.05) is 6.07 Å². The first-order valence-electron chi connectivity index (χ1n) is 10.1. The fraction of sp³-hybridized carbons (Fsp3) is 0.130. The summed E-state index contributed by atoms with van der Waals surface area (Å²) in [7, 11) is 0. The summed E-state index contributed by atoms with van der Waals surface area (Å²) in [5, 5.41) is 8.56. The van der Waals surface area contributed by atoms with Gasteiger partial charge in [-0.25, -0.2) is 9.97 Å². The first-order valence-corrected chi connectivity index (χ1v) is 11.9. The lowest BCUT2D eigenvalue weighted by atomic mass is 10.1. The van der Waals surface area contributed by atoms with Crippen molar-refractivity contribution < 1.29 is 18.3 Å². The zero-order valence-electron chi connectivity index (χ0n) is 17.9. The third-order valence-corrected chi connectivity index (χ3v) is 6.05. The Morgan fingerprint density at radius 2 is 1.91 bits per heavy atom. The van der Waals surface area contributed by atoms with Gasteiger partial charge in [0.2, 0.25) is 5.91 Å². The predicted octanol–water partition coefficient (Wildman–Crippen LogP) is 6.03. The van der Waals surface area contributed by atoms with Crippen molar-refractivity contribution in [2.75, 3.05) is 11.1 Å². The Kier molecular flexibility index (Phi) is 8.17. The Balaban J connectivity index is 1.31. The van der Waals surface area contributed by atoms with Crippen LogP contribution in [0.5, 0.6) is 5.75 Å². The zero-order chi connectivity index (χ0) is 24.8. The number of carbonyl (C=O) groups excluding carboxylic acids is 1. The molecule has 4 aromatic rings. The molecule has 0 saturated carbocycles. The number of anilines is 1. The molecular formula is C23H17Cl2F2N5O2S. The largest absolute Gasteiger partial charge is 0.435 e. The van der Waals surface area contributed by atoms with Crippen molar-refractivity contribution in [1.29, 1.82) is 0 Å². The maximum Gasteiger partial charge on any atom is 0.387 e. The molecule has 35 heavy (non-hydrogen) atoms. The summed E-state index contributed by atoms with van der Waals surface area (Å²) in [5.41, 5.74) is 2.14. The maximum atomic E-state index is 12.4. The van der Waals surface area contributed by atoms with Crippen LogP contribution in [0.2, 0.25) is 10.0 Å². The van der Waals surface area contributed by atoms with Crippen molar-refractivity contribution in [2.24, 2.45) is 0 Å². The van der Waals surface area contributed by atoms with Crippen molar-refractivity contribution in [3.8, 4) is 17.0 Å². The first kappa shape index (κ1) is 24.9. The van der Waals surface area contributed by atoms with Gasteiger partial charge in [-0.2, -0.15) is 13.9 Å². The number of amides is 1. The van der Waals surface area contributed by atoms with E-state index in [9.17, 15) is 13.6 Å². The lowest BCUT2D eigenvalue weighted by molar-refractivity contribution is -0.113. The summed E-state index contributed by atoms with van der Waals surface area (Å²) in [5.74, 6) is 0.261. The second-order valence-electron chi connectivity index (χ2n) is 7.10. The molecule has 2 aromatic heterocycles. The third-order valence-electron chi connectivity index (χ3n) is 4.60. The molecule has 0 atom stereocenters. The van der Waals surface area contributed by atoms with Gasteiger partial charge in [0, 0.05) is 34.1 Å². The number of alkyl halides is 2. The lowest BCUT2D eigenvalue weighted by Crippen LogP contribution is -2.15. The van der Waals surface area contributed by atoms with Gasteiger partial charge in [-0.05, 0) is 48.0 Å². The smallest absolute Gasteiger partial charge is 0.387 e. The van der Waals surface area contributed by atoms with Crippen LogP contribution >= 0.6 is 35.0 Å². The molecule has 180 valence electrons. The Bertz CT molecular complexity index is 1320. The lowest BCUT2D eigenvalue weighted by Gasteiger charge is -2.07. The Labute approximate surface area is 213 Å². The number of nitrogens with zero attached hydrogens (tertiary/aromatic N) is 4. The predicted molar refractivity (Wildman–Crippen MR) is 131 cm³/mol. The summed E-state index contributed by atoms with van der Waals surface area (Å²) in [6, 6.07) is 14.7. The molecule has 0 aliphatic heterocycles. The van der Waals surface area contributed by atoms with Crippen molar-refractivity contribution in [1.82, 2.24) is 19.7 Å². The number of rotatable bonds is 9. The summed E-state index contributed by atoms with van der Waals surface area (Å²) >= 11 is 13.3. The summed E-state index contributed by atoms with van der Waals surface area (Å²) in [6.45, 7) is -2.46. The van der Waals surface area contributed by atoms with Crippen LogP contribution in [-0.2, 0) is 11.3 Å². The molecular weight excluding hydrogens is 519 g/mol. The quantitative estimate of drug-likeness (QED) is 0.208. The number of hydrogen-bond donors (Lipinski definition) is 1. The summed E-state index contributed by atoms with van der Waals surface area (Å²) in [4.78, 5) is 21.0. The SMILES string of the molecule is O=C(CSc1nccc(-c2ccc(OC(F)F)cc2)n1)Nc1ccn(Cc2ccc(Cl)cc2Cl)n1. The minimum atomic E-state index is -2.88. The highest BCUT2D eigenvalue weighted by molar-refractivity contribution is 7.99. The second-order valence-corrected chi connectivity index (χ2v) is 8.88. The van der Waals surface area contributed by atoms with Gasteiger partial charge in [0.05, 0.1) is 18.0 Å². The molecule has 0 radical (unpaired) electrons. The van der Waals surface area contributed by atoms with Gasteiger partial charge < -0.3 is 10.1 Å².